The maximum Gasteiger partial charge on any atom is 0.313 e. The van der Waals surface area contributed by atoms with Gasteiger partial charge in [0.1, 0.15) is 0 Å². The van der Waals surface area contributed by atoms with Crippen LogP contribution in [-0.4, -0.2) is 42.3 Å². The second-order valence-corrected chi connectivity index (χ2v) is 7.02. The summed E-state index contributed by atoms with van der Waals surface area (Å²) in [5.41, 5.74) is 1.39. The molecule has 2 rings (SSSR count). The zero-order chi connectivity index (χ0) is 17.7. The van der Waals surface area contributed by atoms with Crippen molar-refractivity contribution in [3.05, 3.63) is 29.8 Å². The zero-order valence-corrected chi connectivity index (χ0v) is 14.5. The standard InChI is InChI=1S/C18H25N3O3/c1-18(2,3)13-8-4-5-9-14(13)20-17(24)16(23)19-12-15(22)21-10-6-7-11-21/h4-5,8-9H,6-7,10-12H2,1-3H3,(H,19,23)(H,20,24). The Bertz CT molecular complexity index is 629. The third kappa shape index (κ3) is 4.57. The summed E-state index contributed by atoms with van der Waals surface area (Å²) >= 11 is 0. The van der Waals surface area contributed by atoms with Crippen molar-refractivity contribution in [2.45, 2.75) is 39.0 Å². The van der Waals surface area contributed by atoms with E-state index < -0.39 is 11.8 Å². The van der Waals surface area contributed by atoms with Crippen molar-refractivity contribution in [1.82, 2.24) is 10.2 Å². The molecule has 24 heavy (non-hydrogen) atoms. The number of benzene rings is 1. The monoisotopic (exact) mass is 331 g/mol. The predicted molar refractivity (Wildman–Crippen MR) is 92.6 cm³/mol. The van der Waals surface area contributed by atoms with Crippen LogP contribution in [0.5, 0.6) is 0 Å². The topological polar surface area (TPSA) is 78.5 Å². The fourth-order valence-electron chi connectivity index (χ4n) is 2.74. The summed E-state index contributed by atoms with van der Waals surface area (Å²) in [5, 5.41) is 5.03. The van der Waals surface area contributed by atoms with Crippen molar-refractivity contribution in [2.24, 2.45) is 0 Å². The van der Waals surface area contributed by atoms with Crippen molar-refractivity contribution in [3.63, 3.8) is 0 Å². The molecule has 1 aliphatic heterocycles. The van der Waals surface area contributed by atoms with E-state index in [1.807, 2.05) is 32.9 Å². The molecule has 0 unspecified atom stereocenters. The first-order chi connectivity index (χ1) is 11.3. The quantitative estimate of drug-likeness (QED) is 0.827. The van der Waals surface area contributed by atoms with Gasteiger partial charge >= 0.3 is 11.8 Å². The third-order valence-corrected chi connectivity index (χ3v) is 4.05. The Morgan fingerprint density at radius 1 is 1.04 bits per heavy atom. The van der Waals surface area contributed by atoms with E-state index in [2.05, 4.69) is 10.6 Å². The molecule has 1 aliphatic rings. The van der Waals surface area contributed by atoms with E-state index in [4.69, 9.17) is 0 Å². The Morgan fingerprint density at radius 3 is 2.29 bits per heavy atom. The minimum atomic E-state index is -0.800. The van der Waals surface area contributed by atoms with Gasteiger partial charge in [0.05, 0.1) is 6.54 Å². The molecule has 0 radical (unpaired) electrons. The van der Waals surface area contributed by atoms with Gasteiger partial charge in [0.25, 0.3) is 0 Å². The van der Waals surface area contributed by atoms with Crippen LogP contribution in [0.15, 0.2) is 24.3 Å². The lowest BCUT2D eigenvalue weighted by atomic mass is 9.86. The number of hydrogen-bond donors (Lipinski definition) is 2. The predicted octanol–water partition coefficient (Wildman–Crippen LogP) is 1.66. The number of para-hydroxylation sites is 1. The Hall–Kier alpha value is -2.37. The summed E-state index contributed by atoms with van der Waals surface area (Å²) in [7, 11) is 0. The highest BCUT2D eigenvalue weighted by molar-refractivity contribution is 6.40. The molecule has 1 aromatic carbocycles. The van der Waals surface area contributed by atoms with E-state index in [1.54, 1.807) is 17.0 Å². The van der Waals surface area contributed by atoms with Crippen LogP contribution in [0.1, 0.15) is 39.2 Å². The number of carbonyl (C=O) groups excluding carboxylic acids is 3. The number of carbonyl (C=O) groups is 3. The average Bonchev–Trinajstić information content (AvgIpc) is 3.06. The van der Waals surface area contributed by atoms with E-state index >= 15 is 0 Å². The molecule has 0 atom stereocenters. The van der Waals surface area contributed by atoms with Gasteiger partial charge in [-0.3, -0.25) is 14.4 Å². The fraction of sp³-hybridized carbons (Fsp3) is 0.500. The molecule has 3 amide bonds. The smallest absolute Gasteiger partial charge is 0.313 e. The fourth-order valence-corrected chi connectivity index (χ4v) is 2.74. The van der Waals surface area contributed by atoms with E-state index in [0.717, 1.165) is 31.5 Å². The van der Waals surface area contributed by atoms with Gasteiger partial charge in [-0.15, -0.1) is 0 Å². The average molecular weight is 331 g/mol. The lowest BCUT2D eigenvalue weighted by molar-refractivity contribution is -0.138. The molecule has 0 aromatic heterocycles. The Labute approximate surface area is 142 Å². The molecule has 1 heterocycles. The van der Waals surface area contributed by atoms with Gasteiger partial charge in [-0.1, -0.05) is 39.0 Å². The second-order valence-electron chi connectivity index (χ2n) is 7.02. The number of nitrogens with zero attached hydrogens (tertiary/aromatic N) is 1. The summed E-state index contributed by atoms with van der Waals surface area (Å²) in [6.07, 6.45) is 1.98. The van der Waals surface area contributed by atoms with Gasteiger partial charge in [-0.25, -0.2) is 0 Å². The molecule has 0 saturated carbocycles. The van der Waals surface area contributed by atoms with Crippen molar-refractivity contribution in [1.29, 1.82) is 0 Å². The minimum Gasteiger partial charge on any atom is -0.341 e. The molecule has 2 N–H and O–H groups in total. The van der Waals surface area contributed by atoms with Gasteiger partial charge < -0.3 is 15.5 Å². The highest BCUT2D eigenvalue weighted by atomic mass is 16.2. The minimum absolute atomic E-state index is 0.146. The SMILES string of the molecule is CC(C)(C)c1ccccc1NC(=O)C(=O)NCC(=O)N1CCCC1. The van der Waals surface area contributed by atoms with Gasteiger partial charge in [-0.2, -0.15) is 0 Å². The summed E-state index contributed by atoms with van der Waals surface area (Å²) in [5.74, 6) is -1.71. The van der Waals surface area contributed by atoms with Crippen LogP contribution in [0.3, 0.4) is 0 Å². The summed E-state index contributed by atoms with van der Waals surface area (Å²) in [4.78, 5) is 37.6. The molecule has 1 aromatic rings. The van der Waals surface area contributed by atoms with Crippen molar-refractivity contribution >= 4 is 23.4 Å². The lowest BCUT2D eigenvalue weighted by Gasteiger charge is -2.22. The Kier molecular flexibility index (Phi) is 5.59. The number of hydrogen-bond acceptors (Lipinski definition) is 3. The molecule has 6 nitrogen and oxygen atoms in total. The van der Waals surface area contributed by atoms with Crippen LogP contribution in [0.2, 0.25) is 0 Å². The molecule has 0 aliphatic carbocycles. The summed E-state index contributed by atoms with van der Waals surface area (Å²) in [6.45, 7) is 7.40. The highest BCUT2D eigenvalue weighted by Crippen LogP contribution is 2.29. The lowest BCUT2D eigenvalue weighted by Crippen LogP contribution is -2.42. The zero-order valence-electron chi connectivity index (χ0n) is 14.5. The molecule has 130 valence electrons. The van der Waals surface area contributed by atoms with Crippen molar-refractivity contribution in [3.8, 4) is 0 Å². The molecular weight excluding hydrogens is 306 g/mol. The third-order valence-electron chi connectivity index (χ3n) is 4.05. The largest absolute Gasteiger partial charge is 0.341 e. The van der Waals surface area contributed by atoms with Crippen LogP contribution < -0.4 is 10.6 Å². The number of nitrogens with one attached hydrogen (secondary N) is 2. The maximum atomic E-state index is 12.1. The van der Waals surface area contributed by atoms with E-state index in [1.165, 1.54) is 0 Å². The van der Waals surface area contributed by atoms with E-state index in [0.29, 0.717) is 5.69 Å². The number of amides is 3. The van der Waals surface area contributed by atoms with E-state index in [9.17, 15) is 14.4 Å². The molecule has 1 saturated heterocycles. The van der Waals surface area contributed by atoms with Crippen LogP contribution in [-0.2, 0) is 19.8 Å². The second kappa shape index (κ2) is 7.47. The number of rotatable bonds is 3. The normalized spacial score (nSPS) is 14.4. The first kappa shape index (κ1) is 18.0. The van der Waals surface area contributed by atoms with Crippen LogP contribution in [0, 0.1) is 0 Å². The van der Waals surface area contributed by atoms with Crippen LogP contribution >= 0.6 is 0 Å². The van der Waals surface area contributed by atoms with Gasteiger partial charge in [0.15, 0.2) is 0 Å². The molecule has 0 bridgehead atoms. The van der Waals surface area contributed by atoms with Crippen LogP contribution in [0.25, 0.3) is 0 Å². The van der Waals surface area contributed by atoms with E-state index in [-0.39, 0.29) is 17.9 Å². The van der Waals surface area contributed by atoms with Gasteiger partial charge in [-0.05, 0) is 29.9 Å². The van der Waals surface area contributed by atoms with Gasteiger partial charge in [0, 0.05) is 18.8 Å². The number of likely N-dealkylation sites (tertiary alicyclic amines) is 1. The van der Waals surface area contributed by atoms with Crippen molar-refractivity contribution < 1.29 is 14.4 Å². The molecule has 0 spiro atoms. The first-order valence-electron chi connectivity index (χ1n) is 8.25. The van der Waals surface area contributed by atoms with Crippen LogP contribution in [0.4, 0.5) is 5.69 Å². The number of anilines is 1. The maximum absolute atomic E-state index is 12.1. The summed E-state index contributed by atoms with van der Waals surface area (Å²) in [6, 6.07) is 7.39. The molecule has 6 heteroatoms. The Balaban J connectivity index is 1.92. The van der Waals surface area contributed by atoms with Crippen molar-refractivity contribution in [2.75, 3.05) is 25.0 Å². The first-order valence-corrected chi connectivity index (χ1v) is 8.25. The molecular formula is C18H25N3O3. The van der Waals surface area contributed by atoms with Gasteiger partial charge in [0.2, 0.25) is 5.91 Å². The molecule has 1 fully saturated rings. The highest BCUT2D eigenvalue weighted by Gasteiger charge is 2.22. The Morgan fingerprint density at radius 2 is 1.67 bits per heavy atom. The summed E-state index contributed by atoms with van der Waals surface area (Å²) < 4.78 is 0.